The van der Waals surface area contributed by atoms with Gasteiger partial charge in [0.1, 0.15) is 6.04 Å². The first-order chi connectivity index (χ1) is 7.70. The largest absolute Gasteiger partial charge is 0.480 e. The number of carbonyl (C=O) groups is 2. The Balaban J connectivity index is 2.17. The molecule has 1 aromatic rings. The van der Waals surface area contributed by atoms with Crippen LogP contribution in [0.2, 0.25) is 0 Å². The molecule has 1 saturated heterocycles. The minimum atomic E-state index is -0.921. The molecule has 1 N–H and O–H groups in total. The van der Waals surface area contributed by atoms with Gasteiger partial charge in [0, 0.05) is 23.4 Å². The summed E-state index contributed by atoms with van der Waals surface area (Å²) < 4.78 is 0. The summed E-state index contributed by atoms with van der Waals surface area (Å²) in [4.78, 5) is 24.5. The summed E-state index contributed by atoms with van der Waals surface area (Å²) in [6.07, 6.45) is 0. The van der Waals surface area contributed by atoms with Gasteiger partial charge in [0.25, 0.3) is 5.91 Å². The van der Waals surface area contributed by atoms with Crippen molar-refractivity contribution in [2.75, 3.05) is 18.1 Å². The zero-order chi connectivity index (χ0) is 11.5. The quantitative estimate of drug-likeness (QED) is 0.870. The molecule has 1 aromatic heterocycles. The number of hydrogen-bond donors (Lipinski definition) is 1. The summed E-state index contributed by atoms with van der Waals surface area (Å²) in [5, 5.41) is 12.6. The summed E-state index contributed by atoms with van der Waals surface area (Å²) >= 11 is 3.02. The Bertz CT molecular complexity index is 391. The van der Waals surface area contributed by atoms with Crippen LogP contribution in [0, 0.1) is 0 Å². The fourth-order valence-corrected chi connectivity index (χ4v) is 3.27. The summed E-state index contributed by atoms with van der Waals surface area (Å²) in [7, 11) is 0. The molecule has 1 amide bonds. The van der Waals surface area contributed by atoms with E-state index in [1.54, 1.807) is 23.2 Å². The molecule has 0 saturated carbocycles. The molecular weight excluding hydrogens is 246 g/mol. The predicted molar refractivity (Wildman–Crippen MR) is 64.1 cm³/mol. The molecule has 0 aliphatic carbocycles. The molecule has 0 bridgehead atoms. The Morgan fingerprint density at radius 2 is 2.31 bits per heavy atom. The Hall–Kier alpha value is -1.01. The molecule has 1 unspecified atom stereocenters. The first kappa shape index (κ1) is 11.5. The molecule has 1 aliphatic heterocycles. The van der Waals surface area contributed by atoms with Crippen molar-refractivity contribution in [3.05, 3.63) is 22.4 Å². The Morgan fingerprint density at radius 3 is 2.94 bits per heavy atom. The van der Waals surface area contributed by atoms with E-state index >= 15 is 0 Å². The number of carboxylic acid groups (broad SMARTS) is 1. The third kappa shape index (κ3) is 2.22. The highest BCUT2D eigenvalue weighted by Crippen LogP contribution is 2.20. The van der Waals surface area contributed by atoms with Gasteiger partial charge in [-0.15, -0.1) is 0 Å². The molecule has 86 valence electrons. The molecule has 2 rings (SSSR count). The van der Waals surface area contributed by atoms with E-state index in [4.69, 9.17) is 5.11 Å². The monoisotopic (exact) mass is 257 g/mol. The van der Waals surface area contributed by atoms with Crippen LogP contribution in [0.5, 0.6) is 0 Å². The first-order valence-electron chi connectivity index (χ1n) is 4.84. The summed E-state index contributed by atoms with van der Waals surface area (Å²) in [6.45, 7) is 0.510. The minimum absolute atomic E-state index is 0.172. The molecular formula is C10H11NO3S2. The number of rotatable bonds is 2. The number of thioether (sulfide) groups is 1. The van der Waals surface area contributed by atoms with E-state index in [0.29, 0.717) is 17.9 Å². The fraction of sp³-hybridized carbons (Fsp3) is 0.400. The van der Waals surface area contributed by atoms with Gasteiger partial charge in [-0.2, -0.15) is 23.1 Å². The van der Waals surface area contributed by atoms with Crippen LogP contribution in [-0.2, 0) is 4.79 Å². The highest BCUT2D eigenvalue weighted by molar-refractivity contribution is 7.99. The third-order valence-corrected chi connectivity index (χ3v) is 4.15. The number of hydrogen-bond acceptors (Lipinski definition) is 4. The average Bonchev–Trinajstić information content (AvgIpc) is 2.81. The number of nitrogens with zero attached hydrogens (tertiary/aromatic N) is 1. The lowest BCUT2D eigenvalue weighted by molar-refractivity contribution is -0.141. The van der Waals surface area contributed by atoms with Crippen molar-refractivity contribution < 1.29 is 14.7 Å². The van der Waals surface area contributed by atoms with Gasteiger partial charge in [-0.25, -0.2) is 4.79 Å². The van der Waals surface area contributed by atoms with Crippen molar-refractivity contribution in [1.82, 2.24) is 4.90 Å². The summed E-state index contributed by atoms with van der Waals surface area (Å²) in [5.41, 5.74) is 0.586. The normalized spacial score (nSPS) is 20.8. The second kappa shape index (κ2) is 4.88. The van der Waals surface area contributed by atoms with E-state index in [1.165, 1.54) is 16.2 Å². The zero-order valence-electron chi connectivity index (χ0n) is 8.46. The summed E-state index contributed by atoms with van der Waals surface area (Å²) in [5.74, 6) is 0.190. The fourth-order valence-electron chi connectivity index (χ4n) is 1.60. The van der Waals surface area contributed by atoms with Gasteiger partial charge in [0.15, 0.2) is 0 Å². The van der Waals surface area contributed by atoms with Gasteiger partial charge in [-0.1, -0.05) is 0 Å². The maximum absolute atomic E-state index is 12.0. The molecule has 4 nitrogen and oxygen atoms in total. The van der Waals surface area contributed by atoms with Crippen molar-refractivity contribution in [2.45, 2.75) is 6.04 Å². The second-order valence-electron chi connectivity index (χ2n) is 3.44. The van der Waals surface area contributed by atoms with Crippen molar-refractivity contribution in [3.63, 3.8) is 0 Å². The van der Waals surface area contributed by atoms with Gasteiger partial charge in [-0.05, 0) is 11.4 Å². The van der Waals surface area contributed by atoms with Crippen molar-refractivity contribution in [1.29, 1.82) is 0 Å². The van der Waals surface area contributed by atoms with E-state index in [-0.39, 0.29) is 5.91 Å². The van der Waals surface area contributed by atoms with E-state index < -0.39 is 12.0 Å². The molecule has 1 atom stereocenters. The number of carboxylic acids is 1. The molecule has 0 aromatic carbocycles. The summed E-state index contributed by atoms with van der Waals surface area (Å²) in [6, 6.07) is 1.04. The second-order valence-corrected chi connectivity index (χ2v) is 5.37. The lowest BCUT2D eigenvalue weighted by atomic mass is 10.2. The standard InChI is InChI=1S/C10H11NO3S2/c12-9(7-1-3-15-5-7)11-2-4-16-6-8(11)10(13)14/h1,3,5,8H,2,4,6H2,(H,13,14). The minimum Gasteiger partial charge on any atom is -0.480 e. The molecule has 1 aliphatic rings. The number of aliphatic carboxylic acids is 1. The van der Waals surface area contributed by atoms with Gasteiger partial charge in [-0.3, -0.25) is 4.79 Å². The van der Waals surface area contributed by atoms with Crippen LogP contribution in [-0.4, -0.2) is 46.0 Å². The first-order valence-corrected chi connectivity index (χ1v) is 6.93. The van der Waals surface area contributed by atoms with Gasteiger partial charge in [0.2, 0.25) is 0 Å². The molecule has 0 spiro atoms. The van der Waals surface area contributed by atoms with E-state index in [0.717, 1.165) is 5.75 Å². The van der Waals surface area contributed by atoms with Crippen LogP contribution in [0.25, 0.3) is 0 Å². The zero-order valence-corrected chi connectivity index (χ0v) is 10.1. The van der Waals surface area contributed by atoms with Crippen molar-refractivity contribution >= 4 is 35.0 Å². The van der Waals surface area contributed by atoms with Gasteiger partial charge >= 0.3 is 5.97 Å². The smallest absolute Gasteiger partial charge is 0.327 e. The van der Waals surface area contributed by atoms with Crippen LogP contribution >= 0.6 is 23.1 Å². The Morgan fingerprint density at radius 1 is 1.50 bits per heavy atom. The predicted octanol–water partition coefficient (Wildman–Crippen LogP) is 1.39. The van der Waals surface area contributed by atoms with Gasteiger partial charge in [0.05, 0.1) is 5.56 Å². The van der Waals surface area contributed by atoms with E-state index in [9.17, 15) is 9.59 Å². The molecule has 6 heteroatoms. The molecule has 2 heterocycles. The highest BCUT2D eigenvalue weighted by atomic mass is 32.2. The van der Waals surface area contributed by atoms with Crippen LogP contribution in [0.4, 0.5) is 0 Å². The highest BCUT2D eigenvalue weighted by Gasteiger charge is 2.32. The Kier molecular flexibility index (Phi) is 3.50. The van der Waals surface area contributed by atoms with Crippen molar-refractivity contribution in [3.8, 4) is 0 Å². The van der Waals surface area contributed by atoms with E-state index in [2.05, 4.69) is 0 Å². The lowest BCUT2D eigenvalue weighted by Crippen LogP contribution is -2.50. The van der Waals surface area contributed by atoms with Crippen LogP contribution in [0.3, 0.4) is 0 Å². The van der Waals surface area contributed by atoms with Crippen molar-refractivity contribution in [2.24, 2.45) is 0 Å². The molecule has 1 fully saturated rings. The molecule has 0 radical (unpaired) electrons. The van der Waals surface area contributed by atoms with Crippen LogP contribution in [0.15, 0.2) is 16.8 Å². The number of amides is 1. The van der Waals surface area contributed by atoms with E-state index in [1.807, 2.05) is 5.38 Å². The SMILES string of the molecule is O=C(O)C1CSCCN1C(=O)c1ccsc1. The van der Waals surface area contributed by atoms with Gasteiger partial charge < -0.3 is 10.0 Å². The van der Waals surface area contributed by atoms with Crippen LogP contribution < -0.4 is 0 Å². The maximum atomic E-state index is 12.0. The Labute approximate surface area is 101 Å². The molecule has 16 heavy (non-hydrogen) atoms. The van der Waals surface area contributed by atoms with Crippen LogP contribution in [0.1, 0.15) is 10.4 Å². The third-order valence-electron chi connectivity index (χ3n) is 2.44. The number of carbonyl (C=O) groups excluding carboxylic acids is 1. The topological polar surface area (TPSA) is 57.6 Å². The average molecular weight is 257 g/mol. The lowest BCUT2D eigenvalue weighted by Gasteiger charge is -2.32. The maximum Gasteiger partial charge on any atom is 0.327 e. The number of thiophene rings is 1.